The molecule has 22 heavy (non-hydrogen) atoms. The van der Waals surface area contributed by atoms with Gasteiger partial charge in [0.15, 0.2) is 5.78 Å². The van der Waals surface area contributed by atoms with Crippen molar-refractivity contribution in [3.05, 3.63) is 34.9 Å². The maximum atomic E-state index is 12.6. The van der Waals surface area contributed by atoms with Crippen LogP contribution in [0.4, 0.5) is 0 Å². The summed E-state index contributed by atoms with van der Waals surface area (Å²) in [5.74, 6) is 1.09. The van der Waals surface area contributed by atoms with Crippen molar-refractivity contribution >= 4 is 18.2 Å². The lowest BCUT2D eigenvalue weighted by Gasteiger charge is -2.26. The number of ether oxygens (including phenoxy) is 1. The van der Waals surface area contributed by atoms with Crippen molar-refractivity contribution in [1.29, 1.82) is 0 Å². The van der Waals surface area contributed by atoms with Gasteiger partial charge in [0.25, 0.3) is 0 Å². The van der Waals surface area contributed by atoms with E-state index in [1.807, 2.05) is 6.07 Å². The van der Waals surface area contributed by atoms with Crippen molar-refractivity contribution in [1.82, 2.24) is 4.90 Å². The Balaban J connectivity index is 0.00000242. The van der Waals surface area contributed by atoms with E-state index < -0.39 is 0 Å². The number of hydrogen-bond donors (Lipinski definition) is 0. The molecule has 0 aliphatic carbocycles. The van der Waals surface area contributed by atoms with Crippen LogP contribution in [0.1, 0.15) is 61.0 Å². The molecule has 1 aromatic carbocycles. The molecule has 1 fully saturated rings. The van der Waals surface area contributed by atoms with E-state index in [1.54, 1.807) is 0 Å². The lowest BCUT2D eigenvalue weighted by molar-refractivity contribution is 0.0371. The van der Waals surface area contributed by atoms with Crippen LogP contribution in [0.15, 0.2) is 18.2 Å². The second-order valence-electron chi connectivity index (χ2n) is 6.47. The quantitative estimate of drug-likeness (QED) is 0.770. The first-order valence-corrected chi connectivity index (χ1v) is 7.96. The number of halogens is 1. The number of carbonyl (C=O) groups is 1. The van der Waals surface area contributed by atoms with Crippen molar-refractivity contribution in [2.45, 2.75) is 39.5 Å². The van der Waals surface area contributed by atoms with E-state index in [1.165, 1.54) is 11.1 Å². The van der Waals surface area contributed by atoms with Crippen LogP contribution in [-0.4, -0.2) is 43.5 Å². The predicted molar refractivity (Wildman–Crippen MR) is 93.5 cm³/mol. The molecule has 0 amide bonds. The third-order valence-corrected chi connectivity index (χ3v) is 4.14. The highest BCUT2D eigenvalue weighted by Gasteiger charge is 2.19. The maximum Gasteiger partial charge on any atom is 0.177 e. The van der Waals surface area contributed by atoms with E-state index >= 15 is 0 Å². The fourth-order valence-corrected chi connectivity index (χ4v) is 2.72. The number of hydrogen-bond acceptors (Lipinski definition) is 3. The number of benzene rings is 1. The van der Waals surface area contributed by atoms with Gasteiger partial charge >= 0.3 is 0 Å². The van der Waals surface area contributed by atoms with Crippen LogP contribution in [0, 0.1) is 0 Å². The molecule has 0 aromatic heterocycles. The van der Waals surface area contributed by atoms with Gasteiger partial charge in [-0.15, -0.1) is 12.4 Å². The van der Waals surface area contributed by atoms with Crippen molar-refractivity contribution in [2.75, 3.05) is 32.8 Å². The second kappa shape index (κ2) is 8.66. The Kier molecular flexibility index (Phi) is 7.54. The average molecular weight is 326 g/mol. The Morgan fingerprint density at radius 1 is 1.14 bits per heavy atom. The molecule has 0 atom stereocenters. The molecule has 0 radical (unpaired) electrons. The number of Topliss-reactive ketones (excluding diaryl/α,β-unsaturated/α-hetero) is 1. The Bertz CT molecular complexity index is 494. The van der Waals surface area contributed by atoms with Gasteiger partial charge in [-0.3, -0.25) is 9.69 Å². The maximum absolute atomic E-state index is 12.6. The first-order chi connectivity index (χ1) is 9.99. The second-order valence-corrected chi connectivity index (χ2v) is 6.47. The van der Waals surface area contributed by atoms with Crippen LogP contribution >= 0.6 is 12.4 Å². The summed E-state index contributed by atoms with van der Waals surface area (Å²) in [6.45, 7) is 12.4. The summed E-state index contributed by atoms with van der Waals surface area (Å²) in [5.41, 5.74) is 3.38. The number of ketones is 1. The topological polar surface area (TPSA) is 29.5 Å². The van der Waals surface area contributed by atoms with Crippen LogP contribution < -0.4 is 0 Å². The summed E-state index contributed by atoms with van der Waals surface area (Å²) >= 11 is 0. The summed E-state index contributed by atoms with van der Waals surface area (Å²) in [7, 11) is 0. The van der Waals surface area contributed by atoms with Gasteiger partial charge < -0.3 is 4.74 Å². The molecule has 1 saturated heterocycles. The minimum atomic E-state index is 0. The summed E-state index contributed by atoms with van der Waals surface area (Å²) in [6, 6.07) is 6.33. The monoisotopic (exact) mass is 325 g/mol. The zero-order valence-corrected chi connectivity index (χ0v) is 14.9. The predicted octanol–water partition coefficient (Wildman–Crippen LogP) is 3.87. The molecule has 124 valence electrons. The Morgan fingerprint density at radius 2 is 1.77 bits per heavy atom. The van der Waals surface area contributed by atoms with Gasteiger partial charge in [-0.25, -0.2) is 0 Å². The van der Waals surface area contributed by atoms with Gasteiger partial charge in [-0.05, 0) is 23.0 Å². The Labute approximate surface area is 140 Å². The fourth-order valence-electron chi connectivity index (χ4n) is 2.72. The highest BCUT2D eigenvalue weighted by Crippen LogP contribution is 2.25. The molecule has 4 heteroatoms. The molecule has 3 nitrogen and oxygen atoms in total. The molecule has 1 aromatic rings. The molecule has 0 spiro atoms. The third kappa shape index (κ3) is 4.80. The van der Waals surface area contributed by atoms with Crippen molar-refractivity contribution in [2.24, 2.45) is 0 Å². The zero-order valence-electron chi connectivity index (χ0n) is 14.1. The van der Waals surface area contributed by atoms with Gasteiger partial charge in [0, 0.05) is 18.7 Å². The summed E-state index contributed by atoms with van der Waals surface area (Å²) in [6.07, 6.45) is 0. The standard InChI is InChI=1S/C18H27NO2.ClH/c1-13(2)15-5-6-16(17(11-15)14(3)4)18(20)12-19-7-9-21-10-8-19;/h5-6,11,13-14H,7-10,12H2,1-4H3;1H. The van der Waals surface area contributed by atoms with Crippen LogP contribution in [0.3, 0.4) is 0 Å². The normalized spacial score (nSPS) is 15.9. The first kappa shape index (κ1) is 19.1. The third-order valence-electron chi connectivity index (χ3n) is 4.14. The van der Waals surface area contributed by atoms with Crippen molar-refractivity contribution in [3.63, 3.8) is 0 Å². The molecule has 1 aliphatic heterocycles. The van der Waals surface area contributed by atoms with E-state index in [-0.39, 0.29) is 18.2 Å². The zero-order chi connectivity index (χ0) is 15.4. The Hall–Kier alpha value is -0.900. The number of morpholine rings is 1. The molecule has 1 heterocycles. The molecule has 0 unspecified atom stereocenters. The van der Waals surface area contributed by atoms with Gasteiger partial charge in [0.1, 0.15) is 0 Å². The van der Waals surface area contributed by atoms with Gasteiger partial charge in [-0.1, -0.05) is 45.9 Å². The minimum absolute atomic E-state index is 0. The van der Waals surface area contributed by atoms with Crippen LogP contribution in [-0.2, 0) is 4.74 Å². The number of carbonyl (C=O) groups excluding carboxylic acids is 1. The molecule has 0 saturated carbocycles. The van der Waals surface area contributed by atoms with E-state index in [0.29, 0.717) is 18.4 Å². The van der Waals surface area contributed by atoms with Crippen LogP contribution in [0.5, 0.6) is 0 Å². The fraction of sp³-hybridized carbons (Fsp3) is 0.611. The highest BCUT2D eigenvalue weighted by atomic mass is 35.5. The Morgan fingerprint density at radius 3 is 2.32 bits per heavy atom. The van der Waals surface area contributed by atoms with E-state index in [4.69, 9.17) is 4.74 Å². The molecule has 0 N–H and O–H groups in total. The smallest absolute Gasteiger partial charge is 0.177 e. The summed E-state index contributed by atoms with van der Waals surface area (Å²) in [5, 5.41) is 0. The molecular formula is C18H28ClNO2. The van der Waals surface area contributed by atoms with Gasteiger partial charge in [-0.2, -0.15) is 0 Å². The van der Waals surface area contributed by atoms with E-state index in [2.05, 4.69) is 44.7 Å². The number of nitrogens with zero attached hydrogens (tertiary/aromatic N) is 1. The van der Waals surface area contributed by atoms with Crippen molar-refractivity contribution < 1.29 is 9.53 Å². The van der Waals surface area contributed by atoms with E-state index in [9.17, 15) is 4.79 Å². The first-order valence-electron chi connectivity index (χ1n) is 7.96. The minimum Gasteiger partial charge on any atom is -0.379 e. The summed E-state index contributed by atoms with van der Waals surface area (Å²) < 4.78 is 5.34. The van der Waals surface area contributed by atoms with Crippen molar-refractivity contribution in [3.8, 4) is 0 Å². The van der Waals surface area contributed by atoms with Gasteiger partial charge in [0.05, 0.1) is 19.8 Å². The molecule has 2 rings (SSSR count). The largest absolute Gasteiger partial charge is 0.379 e. The highest BCUT2D eigenvalue weighted by molar-refractivity contribution is 5.99. The number of rotatable bonds is 5. The van der Waals surface area contributed by atoms with Crippen LogP contribution in [0.25, 0.3) is 0 Å². The SMILES string of the molecule is CC(C)c1ccc(C(=O)CN2CCOCC2)c(C(C)C)c1.Cl. The molecule has 0 bridgehead atoms. The lowest BCUT2D eigenvalue weighted by atomic mass is 9.90. The van der Waals surface area contributed by atoms with Gasteiger partial charge in [0.2, 0.25) is 0 Å². The molecule has 1 aliphatic rings. The average Bonchev–Trinajstić information content (AvgIpc) is 2.47. The summed E-state index contributed by atoms with van der Waals surface area (Å²) in [4.78, 5) is 14.8. The van der Waals surface area contributed by atoms with Crippen LogP contribution in [0.2, 0.25) is 0 Å². The molecular weight excluding hydrogens is 298 g/mol. The lowest BCUT2D eigenvalue weighted by Crippen LogP contribution is -2.39. The van der Waals surface area contributed by atoms with E-state index in [0.717, 1.165) is 31.9 Å².